The van der Waals surface area contributed by atoms with Gasteiger partial charge in [0.05, 0.1) is 11.1 Å². The number of hydrogen-bond donors (Lipinski definition) is 1. The minimum Gasteiger partial charge on any atom is -0.476 e. The summed E-state index contributed by atoms with van der Waals surface area (Å²) in [4.78, 5) is 4.07. The summed E-state index contributed by atoms with van der Waals surface area (Å²) >= 11 is 0. The maximum Gasteiger partial charge on any atom is 0.417 e. The molecule has 0 saturated heterocycles. The second-order valence-electron chi connectivity index (χ2n) is 3.97. The molecule has 0 aliphatic carbocycles. The Kier molecular flexibility index (Phi) is 3.90. The average Bonchev–Trinajstić information content (AvgIpc) is 2.37. The topological polar surface area (TPSA) is 34.1 Å². The number of nitrogens with one attached hydrogen (secondary N) is 1. The fourth-order valence-corrected chi connectivity index (χ4v) is 1.72. The van der Waals surface area contributed by atoms with Gasteiger partial charge < -0.3 is 10.1 Å². The molecule has 0 radical (unpaired) electrons. The summed E-state index contributed by atoms with van der Waals surface area (Å²) in [6.45, 7) is 0.801. The maximum absolute atomic E-state index is 13.0. The van der Waals surface area contributed by atoms with Crippen LogP contribution in [-0.2, 0) is 6.18 Å². The van der Waals surface area contributed by atoms with Crippen LogP contribution in [0.1, 0.15) is 5.56 Å². The molecule has 1 N–H and O–H groups in total. The Balaban J connectivity index is 2.45. The molecule has 102 valence electrons. The van der Waals surface area contributed by atoms with E-state index in [2.05, 4.69) is 10.3 Å². The summed E-state index contributed by atoms with van der Waals surface area (Å²) in [5.74, 6) is -0.0127. The van der Waals surface area contributed by atoms with Crippen LogP contribution in [0.3, 0.4) is 0 Å². The van der Waals surface area contributed by atoms with E-state index in [4.69, 9.17) is 4.74 Å². The molecule has 1 aromatic heterocycles. The van der Waals surface area contributed by atoms with Crippen LogP contribution >= 0.6 is 0 Å². The van der Waals surface area contributed by atoms with Crippen molar-refractivity contribution in [3.8, 4) is 5.88 Å². The molecular weight excluding hydrogens is 257 g/mol. The fourth-order valence-electron chi connectivity index (χ4n) is 1.72. The van der Waals surface area contributed by atoms with Gasteiger partial charge in [-0.05, 0) is 13.1 Å². The summed E-state index contributed by atoms with van der Waals surface area (Å²) in [5, 5.41) is 2.92. The molecule has 1 aromatic carbocycles. The largest absolute Gasteiger partial charge is 0.476 e. The van der Waals surface area contributed by atoms with E-state index < -0.39 is 11.7 Å². The van der Waals surface area contributed by atoms with Gasteiger partial charge in [0.25, 0.3) is 0 Å². The molecule has 19 heavy (non-hydrogen) atoms. The molecule has 0 spiro atoms. The Morgan fingerprint density at radius 3 is 2.68 bits per heavy atom. The number of likely N-dealkylation sites (N-methyl/N-ethyl adjacent to an activating group) is 1. The zero-order chi connectivity index (χ0) is 13.9. The van der Waals surface area contributed by atoms with E-state index in [0.29, 0.717) is 6.54 Å². The minimum absolute atomic E-state index is 0.0127. The zero-order valence-corrected chi connectivity index (χ0v) is 10.3. The molecule has 3 nitrogen and oxygen atoms in total. The van der Waals surface area contributed by atoms with Crippen LogP contribution in [-0.4, -0.2) is 25.2 Å². The third-order valence-electron chi connectivity index (χ3n) is 2.60. The third kappa shape index (κ3) is 3.14. The lowest BCUT2D eigenvalue weighted by atomic mass is 10.1. The number of fused-ring (bicyclic) bond motifs is 1. The summed E-state index contributed by atoms with van der Waals surface area (Å²) in [6.07, 6.45) is -4.43. The smallest absolute Gasteiger partial charge is 0.417 e. The lowest BCUT2D eigenvalue weighted by molar-refractivity contribution is -0.136. The molecule has 0 atom stereocenters. The number of alkyl halides is 3. The van der Waals surface area contributed by atoms with Crippen LogP contribution < -0.4 is 10.1 Å². The number of pyridine rings is 1. The fraction of sp³-hybridized carbons (Fsp3) is 0.308. The lowest BCUT2D eigenvalue weighted by Crippen LogP contribution is -2.17. The third-order valence-corrected chi connectivity index (χ3v) is 2.60. The van der Waals surface area contributed by atoms with E-state index in [1.807, 2.05) is 0 Å². The minimum atomic E-state index is -4.43. The Labute approximate surface area is 108 Å². The van der Waals surface area contributed by atoms with Crippen molar-refractivity contribution < 1.29 is 17.9 Å². The highest BCUT2D eigenvalue weighted by Gasteiger charge is 2.33. The first kappa shape index (κ1) is 13.6. The number of para-hydroxylation sites is 1. The normalized spacial score (nSPS) is 11.8. The number of ether oxygens (including phenoxy) is 1. The van der Waals surface area contributed by atoms with Crippen LogP contribution in [0.4, 0.5) is 13.2 Å². The number of aromatic nitrogens is 1. The zero-order valence-electron chi connectivity index (χ0n) is 10.3. The Bertz CT molecular complexity index is 569. The summed E-state index contributed by atoms with van der Waals surface area (Å²) < 4.78 is 44.2. The predicted molar refractivity (Wildman–Crippen MR) is 66.2 cm³/mol. The Morgan fingerprint density at radius 2 is 2.00 bits per heavy atom. The van der Waals surface area contributed by atoms with Gasteiger partial charge in [-0.2, -0.15) is 13.2 Å². The van der Waals surface area contributed by atoms with Gasteiger partial charge >= 0.3 is 6.18 Å². The van der Waals surface area contributed by atoms with Gasteiger partial charge in [-0.3, -0.25) is 0 Å². The van der Waals surface area contributed by atoms with Crippen molar-refractivity contribution in [3.05, 3.63) is 35.9 Å². The summed E-state index contributed by atoms with van der Waals surface area (Å²) in [5.41, 5.74) is -0.450. The van der Waals surface area contributed by atoms with Crippen molar-refractivity contribution in [2.45, 2.75) is 6.18 Å². The molecular formula is C13H13F3N2O. The number of benzene rings is 1. The molecule has 0 bridgehead atoms. The number of nitrogens with zero attached hydrogens (tertiary/aromatic N) is 1. The highest BCUT2D eigenvalue weighted by Crippen LogP contribution is 2.36. The SMILES string of the molecule is CNCCOc1cc(C(F)(F)F)c2ccccc2n1. The number of halogens is 3. The van der Waals surface area contributed by atoms with Gasteiger partial charge in [-0.25, -0.2) is 4.98 Å². The number of hydrogen-bond acceptors (Lipinski definition) is 3. The van der Waals surface area contributed by atoms with E-state index in [1.165, 1.54) is 12.1 Å². The van der Waals surface area contributed by atoms with E-state index in [0.717, 1.165) is 6.07 Å². The monoisotopic (exact) mass is 270 g/mol. The van der Waals surface area contributed by atoms with Crippen LogP contribution in [0.15, 0.2) is 30.3 Å². The summed E-state index contributed by atoms with van der Waals surface area (Å²) in [7, 11) is 1.73. The quantitative estimate of drug-likeness (QED) is 0.867. The van der Waals surface area contributed by atoms with Crippen molar-refractivity contribution in [2.24, 2.45) is 0 Å². The molecule has 6 heteroatoms. The van der Waals surface area contributed by atoms with Gasteiger partial charge in [0, 0.05) is 18.0 Å². The van der Waals surface area contributed by atoms with Crippen molar-refractivity contribution in [2.75, 3.05) is 20.2 Å². The Hall–Kier alpha value is -1.82. The van der Waals surface area contributed by atoms with E-state index >= 15 is 0 Å². The van der Waals surface area contributed by atoms with Crippen molar-refractivity contribution in [1.29, 1.82) is 0 Å². The molecule has 2 aromatic rings. The van der Waals surface area contributed by atoms with Gasteiger partial charge in [0.15, 0.2) is 0 Å². The maximum atomic E-state index is 13.0. The molecule has 0 saturated carbocycles. The highest BCUT2D eigenvalue weighted by atomic mass is 19.4. The average molecular weight is 270 g/mol. The van der Waals surface area contributed by atoms with Gasteiger partial charge in [0.1, 0.15) is 6.61 Å². The molecule has 2 rings (SSSR count). The van der Waals surface area contributed by atoms with Crippen LogP contribution in [0.2, 0.25) is 0 Å². The van der Waals surface area contributed by atoms with E-state index in [1.54, 1.807) is 19.2 Å². The van der Waals surface area contributed by atoms with E-state index in [9.17, 15) is 13.2 Å². The lowest BCUT2D eigenvalue weighted by Gasteiger charge is -2.12. The van der Waals surface area contributed by atoms with Gasteiger partial charge in [-0.15, -0.1) is 0 Å². The molecule has 0 aliphatic rings. The first-order valence-corrected chi connectivity index (χ1v) is 5.77. The first-order chi connectivity index (χ1) is 9.02. The van der Waals surface area contributed by atoms with Gasteiger partial charge in [-0.1, -0.05) is 18.2 Å². The number of rotatable bonds is 4. The molecule has 1 heterocycles. The summed E-state index contributed by atoms with van der Waals surface area (Å²) in [6, 6.07) is 7.09. The molecule has 0 aliphatic heterocycles. The predicted octanol–water partition coefficient (Wildman–Crippen LogP) is 2.85. The van der Waals surface area contributed by atoms with Crippen LogP contribution in [0.25, 0.3) is 10.9 Å². The van der Waals surface area contributed by atoms with Crippen molar-refractivity contribution in [1.82, 2.24) is 10.3 Å². The highest BCUT2D eigenvalue weighted by molar-refractivity contribution is 5.83. The van der Waals surface area contributed by atoms with Crippen molar-refractivity contribution >= 4 is 10.9 Å². The van der Waals surface area contributed by atoms with Crippen molar-refractivity contribution in [3.63, 3.8) is 0 Å². The second kappa shape index (κ2) is 5.44. The first-order valence-electron chi connectivity index (χ1n) is 5.77. The molecule has 0 amide bonds. The van der Waals surface area contributed by atoms with Gasteiger partial charge in [0.2, 0.25) is 5.88 Å². The van der Waals surface area contributed by atoms with Crippen LogP contribution in [0.5, 0.6) is 5.88 Å². The van der Waals surface area contributed by atoms with Crippen LogP contribution in [0, 0.1) is 0 Å². The standard InChI is InChI=1S/C13H13F3N2O/c1-17-6-7-19-12-8-10(13(14,15)16)9-4-2-3-5-11(9)18-12/h2-5,8,17H,6-7H2,1H3. The van der Waals surface area contributed by atoms with E-state index in [-0.39, 0.29) is 23.4 Å². The Morgan fingerprint density at radius 1 is 1.26 bits per heavy atom. The molecule has 0 fully saturated rings. The molecule has 0 unspecified atom stereocenters. The second-order valence-corrected chi connectivity index (χ2v) is 3.97.